The van der Waals surface area contributed by atoms with E-state index in [9.17, 15) is 5.11 Å². The monoisotopic (exact) mass is 278 g/mol. The topological polar surface area (TPSA) is 20.2 Å². The van der Waals surface area contributed by atoms with Crippen molar-refractivity contribution in [3.8, 4) is 0 Å². The minimum absolute atomic E-state index is 0.329. The maximum atomic E-state index is 9.81. The van der Waals surface area contributed by atoms with Crippen molar-refractivity contribution in [2.45, 2.75) is 31.6 Å². The fourth-order valence-electron chi connectivity index (χ4n) is 1.30. The summed E-state index contributed by atoms with van der Waals surface area (Å²) in [5.74, 6) is 0.748. The standard InChI is InChI=1S/C12H16Cl2OS/c1-8(2)16-7-10(15)5-9-3-4-11(13)12(14)6-9/h3-4,6,8,10,15H,5,7H2,1-2H3. The van der Waals surface area contributed by atoms with Gasteiger partial charge in [-0.05, 0) is 29.4 Å². The van der Waals surface area contributed by atoms with Crippen LogP contribution in [-0.2, 0) is 6.42 Å². The third-order valence-corrected chi connectivity index (χ3v) is 4.06. The van der Waals surface area contributed by atoms with E-state index < -0.39 is 0 Å². The molecule has 0 aliphatic rings. The van der Waals surface area contributed by atoms with Crippen LogP contribution in [0.4, 0.5) is 0 Å². The summed E-state index contributed by atoms with van der Waals surface area (Å²) >= 11 is 13.5. The molecule has 0 aliphatic carbocycles. The molecule has 1 unspecified atom stereocenters. The summed E-state index contributed by atoms with van der Waals surface area (Å²) in [6, 6.07) is 5.48. The Balaban J connectivity index is 2.49. The van der Waals surface area contributed by atoms with Crippen molar-refractivity contribution in [3.05, 3.63) is 33.8 Å². The van der Waals surface area contributed by atoms with E-state index in [-0.39, 0.29) is 6.10 Å². The molecule has 90 valence electrons. The third-order valence-electron chi connectivity index (χ3n) is 2.08. The molecular formula is C12H16Cl2OS. The van der Waals surface area contributed by atoms with Crippen molar-refractivity contribution in [2.75, 3.05) is 5.75 Å². The van der Waals surface area contributed by atoms with Crippen molar-refractivity contribution >= 4 is 35.0 Å². The lowest BCUT2D eigenvalue weighted by atomic mass is 10.1. The second kappa shape index (κ2) is 6.75. The van der Waals surface area contributed by atoms with E-state index in [4.69, 9.17) is 23.2 Å². The molecular weight excluding hydrogens is 263 g/mol. The molecule has 0 spiro atoms. The Kier molecular flexibility index (Phi) is 5.98. The van der Waals surface area contributed by atoms with Crippen LogP contribution in [0.3, 0.4) is 0 Å². The first-order valence-electron chi connectivity index (χ1n) is 5.22. The molecule has 1 aromatic rings. The van der Waals surface area contributed by atoms with Gasteiger partial charge in [0.25, 0.3) is 0 Å². The summed E-state index contributed by atoms with van der Waals surface area (Å²) in [6.07, 6.45) is 0.293. The Bertz CT molecular complexity index is 342. The second-order valence-electron chi connectivity index (χ2n) is 3.99. The van der Waals surface area contributed by atoms with E-state index in [1.54, 1.807) is 17.8 Å². The minimum atomic E-state index is -0.329. The average molecular weight is 279 g/mol. The van der Waals surface area contributed by atoms with Gasteiger partial charge in [0.15, 0.2) is 0 Å². The Morgan fingerprint density at radius 1 is 1.25 bits per heavy atom. The number of hydrogen-bond donors (Lipinski definition) is 1. The zero-order chi connectivity index (χ0) is 12.1. The Morgan fingerprint density at radius 3 is 2.50 bits per heavy atom. The third kappa shape index (κ3) is 4.96. The molecule has 0 radical (unpaired) electrons. The summed E-state index contributed by atoms with van der Waals surface area (Å²) in [6.45, 7) is 4.24. The van der Waals surface area contributed by atoms with Gasteiger partial charge in [0.2, 0.25) is 0 Å². The lowest BCUT2D eigenvalue weighted by Crippen LogP contribution is -2.14. The quantitative estimate of drug-likeness (QED) is 0.877. The zero-order valence-corrected chi connectivity index (χ0v) is 11.7. The van der Waals surface area contributed by atoms with Gasteiger partial charge in [-0.1, -0.05) is 43.1 Å². The van der Waals surface area contributed by atoms with Gasteiger partial charge < -0.3 is 5.11 Å². The highest BCUT2D eigenvalue weighted by Gasteiger charge is 2.08. The molecule has 0 heterocycles. The van der Waals surface area contributed by atoms with Crippen molar-refractivity contribution in [2.24, 2.45) is 0 Å². The van der Waals surface area contributed by atoms with Crippen LogP contribution in [0.25, 0.3) is 0 Å². The SMILES string of the molecule is CC(C)SCC(O)Cc1ccc(Cl)c(Cl)c1. The van der Waals surface area contributed by atoms with Gasteiger partial charge in [0, 0.05) is 5.75 Å². The van der Waals surface area contributed by atoms with Crippen LogP contribution in [0.1, 0.15) is 19.4 Å². The first-order chi connectivity index (χ1) is 7.49. The normalized spacial score (nSPS) is 13.1. The van der Waals surface area contributed by atoms with Crippen molar-refractivity contribution in [1.29, 1.82) is 0 Å². The minimum Gasteiger partial charge on any atom is -0.392 e. The van der Waals surface area contributed by atoms with E-state index >= 15 is 0 Å². The van der Waals surface area contributed by atoms with E-state index in [1.165, 1.54) is 0 Å². The van der Waals surface area contributed by atoms with Gasteiger partial charge in [0.1, 0.15) is 0 Å². The molecule has 0 saturated carbocycles. The van der Waals surface area contributed by atoms with Crippen LogP contribution in [0.5, 0.6) is 0 Å². The molecule has 1 N–H and O–H groups in total. The summed E-state index contributed by atoms with van der Waals surface area (Å²) in [5.41, 5.74) is 1.02. The van der Waals surface area contributed by atoms with Gasteiger partial charge in [0.05, 0.1) is 16.1 Å². The maximum Gasteiger partial charge on any atom is 0.0670 e. The molecule has 0 aromatic heterocycles. The molecule has 0 amide bonds. The maximum absolute atomic E-state index is 9.81. The highest BCUT2D eigenvalue weighted by atomic mass is 35.5. The Hall–Kier alpha value is 0.110. The molecule has 0 fully saturated rings. The average Bonchev–Trinajstić information content (AvgIpc) is 2.21. The number of hydrogen-bond acceptors (Lipinski definition) is 2. The Labute approximate surface area is 111 Å². The van der Waals surface area contributed by atoms with Crippen molar-refractivity contribution in [1.82, 2.24) is 0 Å². The van der Waals surface area contributed by atoms with Crippen molar-refractivity contribution < 1.29 is 5.11 Å². The van der Waals surface area contributed by atoms with Crippen LogP contribution in [-0.4, -0.2) is 22.2 Å². The summed E-state index contributed by atoms with van der Waals surface area (Å²) < 4.78 is 0. The van der Waals surface area contributed by atoms with E-state index in [0.29, 0.717) is 21.7 Å². The first kappa shape index (κ1) is 14.2. The molecule has 1 rings (SSSR count). The van der Waals surface area contributed by atoms with Gasteiger partial charge in [-0.25, -0.2) is 0 Å². The molecule has 16 heavy (non-hydrogen) atoms. The van der Waals surface area contributed by atoms with Crippen LogP contribution in [0.15, 0.2) is 18.2 Å². The van der Waals surface area contributed by atoms with E-state index in [2.05, 4.69) is 13.8 Å². The highest BCUT2D eigenvalue weighted by molar-refractivity contribution is 7.99. The van der Waals surface area contributed by atoms with Crippen LogP contribution in [0, 0.1) is 0 Å². The Morgan fingerprint density at radius 2 is 1.94 bits per heavy atom. The summed E-state index contributed by atoms with van der Waals surface area (Å²) in [5, 5.41) is 11.5. The summed E-state index contributed by atoms with van der Waals surface area (Å²) in [7, 11) is 0. The summed E-state index contributed by atoms with van der Waals surface area (Å²) in [4.78, 5) is 0. The van der Waals surface area contributed by atoms with Crippen LogP contribution < -0.4 is 0 Å². The first-order valence-corrected chi connectivity index (χ1v) is 7.03. The molecule has 0 saturated heterocycles. The fourth-order valence-corrected chi connectivity index (χ4v) is 2.35. The molecule has 1 nitrogen and oxygen atoms in total. The number of thioether (sulfide) groups is 1. The number of aliphatic hydroxyl groups excluding tert-OH is 1. The van der Waals surface area contributed by atoms with Gasteiger partial charge in [-0.2, -0.15) is 11.8 Å². The number of benzene rings is 1. The fraction of sp³-hybridized carbons (Fsp3) is 0.500. The lowest BCUT2D eigenvalue weighted by Gasteiger charge is -2.12. The zero-order valence-electron chi connectivity index (χ0n) is 9.41. The largest absolute Gasteiger partial charge is 0.392 e. The smallest absolute Gasteiger partial charge is 0.0670 e. The second-order valence-corrected chi connectivity index (χ2v) is 6.41. The van der Waals surface area contributed by atoms with Gasteiger partial charge in [-0.3, -0.25) is 0 Å². The molecule has 1 atom stereocenters. The van der Waals surface area contributed by atoms with Crippen molar-refractivity contribution in [3.63, 3.8) is 0 Å². The van der Waals surface area contributed by atoms with Crippen LogP contribution in [0.2, 0.25) is 10.0 Å². The lowest BCUT2D eigenvalue weighted by molar-refractivity contribution is 0.200. The molecule has 4 heteroatoms. The van der Waals surface area contributed by atoms with Gasteiger partial charge >= 0.3 is 0 Å². The predicted octanol–water partition coefficient (Wildman–Crippen LogP) is 4.04. The number of rotatable bonds is 5. The highest BCUT2D eigenvalue weighted by Crippen LogP contribution is 2.23. The van der Waals surface area contributed by atoms with Gasteiger partial charge in [-0.15, -0.1) is 0 Å². The number of halogens is 2. The number of aliphatic hydroxyl groups is 1. The van der Waals surface area contributed by atoms with E-state index in [0.717, 1.165) is 11.3 Å². The molecule has 1 aromatic carbocycles. The predicted molar refractivity (Wildman–Crippen MR) is 73.8 cm³/mol. The van der Waals surface area contributed by atoms with E-state index in [1.807, 2.05) is 12.1 Å². The molecule has 0 bridgehead atoms. The molecule has 0 aliphatic heterocycles. The van der Waals surface area contributed by atoms with Crippen LogP contribution >= 0.6 is 35.0 Å².